The molecule has 0 spiro atoms. The minimum atomic E-state index is -0.655. The van der Waals surface area contributed by atoms with Gasteiger partial charge in [-0.25, -0.2) is 0 Å². The molecule has 0 N–H and O–H groups in total. The Bertz CT molecular complexity index is 803. The number of halogens is 2. The zero-order valence-electron chi connectivity index (χ0n) is 14.6. The average molecular weight is 377 g/mol. The van der Waals surface area contributed by atoms with E-state index in [-0.39, 0.29) is 5.78 Å². The van der Waals surface area contributed by atoms with Crippen molar-refractivity contribution in [3.05, 3.63) is 63.6 Å². The predicted octanol–water partition coefficient (Wildman–Crippen LogP) is 4.52. The highest BCUT2D eigenvalue weighted by Crippen LogP contribution is 2.37. The van der Waals surface area contributed by atoms with Gasteiger partial charge in [-0.1, -0.05) is 53.5 Å². The van der Waals surface area contributed by atoms with Crippen LogP contribution in [0.5, 0.6) is 0 Å². The molecule has 1 aliphatic heterocycles. The van der Waals surface area contributed by atoms with Crippen molar-refractivity contribution in [2.75, 3.05) is 0 Å². The number of carbonyl (C=O) groups is 1. The minimum Gasteiger partial charge on any atom is -0.399 e. The molecule has 6 heteroatoms. The van der Waals surface area contributed by atoms with Crippen LogP contribution in [0.15, 0.2) is 42.5 Å². The summed E-state index contributed by atoms with van der Waals surface area (Å²) in [5.74, 6) is -0.167. The molecule has 0 saturated carbocycles. The molecule has 3 nitrogen and oxygen atoms in total. The number of ketones is 1. The maximum Gasteiger partial charge on any atom is 0.496 e. The Labute approximate surface area is 158 Å². The lowest BCUT2D eigenvalue weighted by Gasteiger charge is -2.32. The quantitative estimate of drug-likeness (QED) is 0.583. The molecule has 25 heavy (non-hydrogen) atoms. The molecule has 0 aromatic heterocycles. The molecule has 0 unspecified atom stereocenters. The van der Waals surface area contributed by atoms with Gasteiger partial charge in [0.2, 0.25) is 0 Å². The van der Waals surface area contributed by atoms with E-state index in [1.807, 2.05) is 45.9 Å². The number of benzene rings is 2. The van der Waals surface area contributed by atoms with Crippen LogP contribution >= 0.6 is 23.2 Å². The lowest BCUT2D eigenvalue weighted by atomic mass is 9.77. The van der Waals surface area contributed by atoms with Gasteiger partial charge in [-0.15, -0.1) is 0 Å². The van der Waals surface area contributed by atoms with E-state index in [4.69, 9.17) is 32.5 Å². The lowest BCUT2D eigenvalue weighted by molar-refractivity contribution is 0.00578. The van der Waals surface area contributed by atoms with Crippen molar-refractivity contribution >= 4 is 41.6 Å². The van der Waals surface area contributed by atoms with Crippen LogP contribution in [-0.4, -0.2) is 24.1 Å². The van der Waals surface area contributed by atoms with Crippen molar-refractivity contribution in [1.29, 1.82) is 0 Å². The zero-order valence-corrected chi connectivity index (χ0v) is 16.1. The molecule has 2 aromatic rings. The number of hydrogen-bond acceptors (Lipinski definition) is 3. The van der Waals surface area contributed by atoms with Gasteiger partial charge in [0.1, 0.15) is 0 Å². The van der Waals surface area contributed by atoms with Crippen molar-refractivity contribution in [3.8, 4) is 0 Å². The van der Waals surface area contributed by atoms with Crippen LogP contribution in [-0.2, 0) is 9.31 Å². The number of carbonyl (C=O) groups excluding carboxylic acids is 1. The van der Waals surface area contributed by atoms with Crippen molar-refractivity contribution in [2.45, 2.75) is 38.9 Å². The molecule has 1 fully saturated rings. The van der Waals surface area contributed by atoms with Crippen LogP contribution in [0.3, 0.4) is 0 Å². The Balaban J connectivity index is 2.02. The molecule has 1 saturated heterocycles. The normalized spacial score (nSPS) is 18.4. The predicted molar refractivity (Wildman–Crippen MR) is 102 cm³/mol. The van der Waals surface area contributed by atoms with Gasteiger partial charge in [0.15, 0.2) is 5.78 Å². The van der Waals surface area contributed by atoms with Crippen molar-refractivity contribution in [1.82, 2.24) is 0 Å². The van der Waals surface area contributed by atoms with Crippen molar-refractivity contribution < 1.29 is 14.1 Å². The second-order valence-electron chi connectivity index (χ2n) is 7.14. The smallest absolute Gasteiger partial charge is 0.399 e. The van der Waals surface area contributed by atoms with Crippen LogP contribution in [0.4, 0.5) is 0 Å². The van der Waals surface area contributed by atoms with E-state index < -0.39 is 18.3 Å². The molecule has 1 aliphatic rings. The van der Waals surface area contributed by atoms with E-state index in [0.717, 1.165) is 0 Å². The molecule has 2 aromatic carbocycles. The molecule has 0 bridgehead atoms. The van der Waals surface area contributed by atoms with Gasteiger partial charge < -0.3 is 9.31 Å². The Morgan fingerprint density at radius 1 is 0.920 bits per heavy atom. The summed E-state index contributed by atoms with van der Waals surface area (Å²) in [6.45, 7) is 7.86. The summed E-state index contributed by atoms with van der Waals surface area (Å²) < 4.78 is 12.1. The van der Waals surface area contributed by atoms with Gasteiger partial charge >= 0.3 is 7.12 Å². The molecule has 0 atom stereocenters. The van der Waals surface area contributed by atoms with Crippen LogP contribution in [0.1, 0.15) is 43.6 Å². The van der Waals surface area contributed by atoms with Crippen molar-refractivity contribution in [2.24, 2.45) is 0 Å². The Morgan fingerprint density at radius 2 is 1.48 bits per heavy atom. The van der Waals surface area contributed by atoms with Gasteiger partial charge in [0.25, 0.3) is 0 Å². The van der Waals surface area contributed by atoms with E-state index >= 15 is 0 Å². The highest BCUT2D eigenvalue weighted by Gasteiger charge is 2.52. The fraction of sp³-hybridized carbons (Fsp3) is 0.316. The first-order chi connectivity index (χ1) is 11.6. The first kappa shape index (κ1) is 18.5. The second kappa shape index (κ2) is 6.44. The molecule has 1 heterocycles. The highest BCUT2D eigenvalue weighted by molar-refractivity contribution is 6.66. The largest absolute Gasteiger partial charge is 0.496 e. The maximum atomic E-state index is 12.8. The summed E-state index contributed by atoms with van der Waals surface area (Å²) in [4.78, 5) is 12.8. The van der Waals surface area contributed by atoms with E-state index in [9.17, 15) is 4.79 Å². The zero-order chi connectivity index (χ0) is 18.4. The fourth-order valence-corrected chi connectivity index (χ4v) is 3.19. The molecule has 0 aliphatic carbocycles. The minimum absolute atomic E-state index is 0.167. The fourth-order valence-electron chi connectivity index (χ4n) is 2.64. The highest BCUT2D eigenvalue weighted by atomic mass is 35.5. The SMILES string of the molecule is CC1(C)OB(c2cc(C(=O)c3ccccc3)c(Cl)cc2Cl)OC1(C)C. The van der Waals surface area contributed by atoms with Crippen LogP contribution in [0, 0.1) is 0 Å². The second-order valence-corrected chi connectivity index (χ2v) is 7.95. The van der Waals surface area contributed by atoms with Gasteiger partial charge in [0.05, 0.1) is 16.2 Å². The third kappa shape index (κ3) is 3.36. The Hall–Kier alpha value is -1.33. The average Bonchev–Trinajstić information content (AvgIpc) is 2.75. The number of rotatable bonds is 3. The van der Waals surface area contributed by atoms with Gasteiger partial charge in [-0.05, 0) is 39.8 Å². The topological polar surface area (TPSA) is 35.5 Å². The lowest BCUT2D eigenvalue weighted by Crippen LogP contribution is -2.41. The third-order valence-electron chi connectivity index (χ3n) is 4.87. The van der Waals surface area contributed by atoms with Gasteiger partial charge in [0, 0.05) is 21.6 Å². The summed E-state index contributed by atoms with van der Waals surface area (Å²) in [5, 5.41) is 0.715. The summed E-state index contributed by atoms with van der Waals surface area (Å²) in [7, 11) is -0.655. The van der Waals surface area contributed by atoms with Crippen LogP contribution in [0.25, 0.3) is 0 Å². The third-order valence-corrected chi connectivity index (χ3v) is 5.51. The summed E-state index contributed by atoms with van der Waals surface area (Å²) >= 11 is 12.6. The monoisotopic (exact) mass is 376 g/mol. The van der Waals surface area contributed by atoms with Crippen LogP contribution in [0.2, 0.25) is 10.0 Å². The molecule has 0 amide bonds. The first-order valence-corrected chi connectivity index (χ1v) is 8.82. The van der Waals surface area contributed by atoms with E-state index in [1.54, 1.807) is 24.3 Å². The van der Waals surface area contributed by atoms with E-state index in [0.29, 0.717) is 26.6 Å². The Kier molecular flexibility index (Phi) is 4.76. The Morgan fingerprint density at radius 3 is 2.04 bits per heavy atom. The van der Waals surface area contributed by atoms with Crippen molar-refractivity contribution in [3.63, 3.8) is 0 Å². The summed E-state index contributed by atoms with van der Waals surface area (Å²) in [6.07, 6.45) is 0. The molecular weight excluding hydrogens is 358 g/mol. The first-order valence-electron chi connectivity index (χ1n) is 8.07. The van der Waals surface area contributed by atoms with E-state index in [1.165, 1.54) is 0 Å². The van der Waals surface area contributed by atoms with Gasteiger partial charge in [-0.3, -0.25) is 4.79 Å². The summed E-state index contributed by atoms with van der Waals surface area (Å²) in [5.41, 5.74) is 0.548. The molecular formula is C19H19BCl2O3. The molecule has 0 radical (unpaired) electrons. The standard InChI is InChI=1S/C19H19BCl2O3/c1-18(2)19(3,4)25-20(24-18)14-10-13(15(21)11-16(14)22)17(23)12-8-6-5-7-9-12/h5-11H,1-4H3. The summed E-state index contributed by atoms with van der Waals surface area (Å²) in [6, 6.07) is 12.2. The van der Waals surface area contributed by atoms with Crippen LogP contribution < -0.4 is 5.46 Å². The number of hydrogen-bond donors (Lipinski definition) is 0. The molecule has 3 rings (SSSR count). The van der Waals surface area contributed by atoms with E-state index in [2.05, 4.69) is 0 Å². The van der Waals surface area contributed by atoms with Gasteiger partial charge in [-0.2, -0.15) is 0 Å². The maximum absolute atomic E-state index is 12.8. The molecule has 130 valence electrons.